The van der Waals surface area contributed by atoms with Crippen LogP contribution in [0.3, 0.4) is 0 Å². The summed E-state index contributed by atoms with van der Waals surface area (Å²) < 4.78 is 5.43. The van der Waals surface area contributed by atoms with Gasteiger partial charge in [-0.25, -0.2) is 0 Å². The van der Waals surface area contributed by atoms with Crippen molar-refractivity contribution < 1.29 is 14.0 Å². The maximum atomic E-state index is 12.0. The number of furan rings is 1. The topological polar surface area (TPSA) is 71.3 Å². The molecule has 23 heavy (non-hydrogen) atoms. The minimum atomic E-state index is -0.442. The molecule has 0 atom stereocenters. The molecule has 0 aliphatic carbocycles. The molecule has 0 unspecified atom stereocenters. The van der Waals surface area contributed by atoms with Crippen LogP contribution in [0.25, 0.3) is 11.0 Å². The molecule has 0 saturated carbocycles. The van der Waals surface area contributed by atoms with Gasteiger partial charge in [-0.15, -0.1) is 0 Å². The second-order valence-electron chi connectivity index (χ2n) is 4.89. The van der Waals surface area contributed by atoms with E-state index in [2.05, 4.69) is 10.6 Å². The molecule has 0 spiro atoms. The fourth-order valence-electron chi connectivity index (χ4n) is 2.11. The first kappa shape index (κ1) is 15.1. The number of carbonyl (C=O) groups excluding carboxylic acids is 2. The minimum absolute atomic E-state index is 0.164. The van der Waals surface area contributed by atoms with Crippen molar-refractivity contribution in [3.63, 3.8) is 0 Å². The van der Waals surface area contributed by atoms with Crippen molar-refractivity contribution in [1.82, 2.24) is 5.32 Å². The third-order valence-electron chi connectivity index (χ3n) is 3.17. The van der Waals surface area contributed by atoms with Crippen LogP contribution < -0.4 is 10.6 Å². The van der Waals surface area contributed by atoms with Gasteiger partial charge >= 0.3 is 0 Å². The normalized spacial score (nSPS) is 10.5. The first-order chi connectivity index (χ1) is 11.1. The van der Waals surface area contributed by atoms with Crippen molar-refractivity contribution in [1.29, 1.82) is 0 Å². The van der Waals surface area contributed by atoms with Gasteiger partial charge in [0.25, 0.3) is 5.91 Å². The Morgan fingerprint density at radius 3 is 2.65 bits per heavy atom. The number of benzene rings is 2. The highest BCUT2D eigenvalue weighted by molar-refractivity contribution is 6.30. The molecule has 0 aliphatic heterocycles. The van der Waals surface area contributed by atoms with Gasteiger partial charge in [0.1, 0.15) is 5.58 Å². The average molecular weight is 329 g/mol. The zero-order valence-electron chi connectivity index (χ0n) is 12.0. The maximum Gasteiger partial charge on any atom is 0.287 e. The Hall–Kier alpha value is -2.79. The van der Waals surface area contributed by atoms with Crippen molar-refractivity contribution in [2.24, 2.45) is 0 Å². The van der Waals surface area contributed by atoms with Crippen LogP contribution in [-0.4, -0.2) is 18.4 Å². The summed E-state index contributed by atoms with van der Waals surface area (Å²) in [5.41, 5.74) is 1.20. The molecule has 0 saturated heterocycles. The largest absolute Gasteiger partial charge is 0.451 e. The van der Waals surface area contributed by atoms with E-state index in [1.54, 1.807) is 36.4 Å². The highest BCUT2D eigenvalue weighted by Gasteiger charge is 2.13. The van der Waals surface area contributed by atoms with E-state index >= 15 is 0 Å². The summed E-state index contributed by atoms with van der Waals surface area (Å²) in [4.78, 5) is 23.9. The molecule has 1 heterocycles. The van der Waals surface area contributed by atoms with Gasteiger partial charge in [-0.3, -0.25) is 9.59 Å². The summed E-state index contributed by atoms with van der Waals surface area (Å²) in [5, 5.41) is 6.52. The summed E-state index contributed by atoms with van der Waals surface area (Å²) in [7, 11) is 0. The molecule has 0 aliphatic rings. The second-order valence-corrected chi connectivity index (χ2v) is 5.33. The van der Waals surface area contributed by atoms with E-state index in [1.165, 1.54) is 0 Å². The lowest BCUT2D eigenvalue weighted by Crippen LogP contribution is -2.32. The molecule has 2 amide bonds. The monoisotopic (exact) mass is 328 g/mol. The number of nitrogens with one attached hydrogen (secondary N) is 2. The SMILES string of the molecule is O=C(CNC(=O)c1cc2ccccc2o1)Nc1cccc(Cl)c1. The van der Waals surface area contributed by atoms with E-state index in [9.17, 15) is 9.59 Å². The number of amides is 2. The average Bonchev–Trinajstić information content (AvgIpc) is 2.97. The Morgan fingerprint density at radius 1 is 1.04 bits per heavy atom. The van der Waals surface area contributed by atoms with E-state index < -0.39 is 5.91 Å². The fraction of sp³-hybridized carbons (Fsp3) is 0.0588. The van der Waals surface area contributed by atoms with Crippen LogP contribution in [0.2, 0.25) is 5.02 Å². The predicted octanol–water partition coefficient (Wildman–Crippen LogP) is 3.45. The van der Waals surface area contributed by atoms with Crippen molar-refractivity contribution in [3.8, 4) is 0 Å². The Morgan fingerprint density at radius 2 is 1.87 bits per heavy atom. The second kappa shape index (κ2) is 6.54. The van der Waals surface area contributed by atoms with Crippen molar-refractivity contribution in [2.75, 3.05) is 11.9 Å². The summed E-state index contributed by atoms with van der Waals surface area (Å²) in [6.07, 6.45) is 0. The number of fused-ring (bicyclic) bond motifs is 1. The molecule has 0 bridgehead atoms. The lowest BCUT2D eigenvalue weighted by molar-refractivity contribution is -0.115. The molecule has 3 rings (SSSR count). The number of halogens is 1. The van der Waals surface area contributed by atoms with Gasteiger partial charge in [-0.1, -0.05) is 35.9 Å². The summed E-state index contributed by atoms with van der Waals surface area (Å²) in [5.74, 6) is -0.624. The number of anilines is 1. The minimum Gasteiger partial charge on any atom is -0.451 e. The Labute approximate surface area is 137 Å². The van der Waals surface area contributed by atoms with Crippen LogP contribution in [0.5, 0.6) is 0 Å². The van der Waals surface area contributed by atoms with Crippen molar-refractivity contribution >= 4 is 40.1 Å². The smallest absolute Gasteiger partial charge is 0.287 e. The molecule has 0 fully saturated rings. The standard InChI is InChI=1S/C17H13ClN2O3/c18-12-5-3-6-13(9-12)20-16(21)10-19-17(22)15-8-11-4-1-2-7-14(11)23-15/h1-9H,10H2,(H,19,22)(H,20,21). The molecule has 116 valence electrons. The van der Waals surface area contributed by atoms with Gasteiger partial charge in [0.2, 0.25) is 5.91 Å². The quantitative estimate of drug-likeness (QED) is 0.770. The van der Waals surface area contributed by atoms with Gasteiger partial charge in [-0.2, -0.15) is 0 Å². The van der Waals surface area contributed by atoms with Crippen LogP contribution >= 0.6 is 11.6 Å². The zero-order chi connectivity index (χ0) is 16.2. The van der Waals surface area contributed by atoms with Gasteiger partial charge in [0.15, 0.2) is 5.76 Å². The number of hydrogen-bond acceptors (Lipinski definition) is 3. The number of carbonyl (C=O) groups is 2. The molecule has 6 heteroatoms. The van der Waals surface area contributed by atoms with Crippen LogP contribution in [0.4, 0.5) is 5.69 Å². The Balaban J connectivity index is 1.59. The van der Waals surface area contributed by atoms with Crippen LogP contribution in [0.1, 0.15) is 10.6 Å². The van der Waals surface area contributed by atoms with E-state index in [-0.39, 0.29) is 18.2 Å². The number of para-hydroxylation sites is 1. The van der Waals surface area contributed by atoms with Crippen molar-refractivity contribution in [2.45, 2.75) is 0 Å². The fourth-order valence-corrected chi connectivity index (χ4v) is 2.30. The van der Waals surface area contributed by atoms with Gasteiger partial charge in [0.05, 0.1) is 6.54 Å². The highest BCUT2D eigenvalue weighted by atomic mass is 35.5. The molecule has 1 aromatic heterocycles. The van der Waals surface area contributed by atoms with Crippen LogP contribution in [0, 0.1) is 0 Å². The maximum absolute atomic E-state index is 12.0. The summed E-state index contributed by atoms with van der Waals surface area (Å²) in [6, 6.07) is 15.7. The highest BCUT2D eigenvalue weighted by Crippen LogP contribution is 2.18. The third kappa shape index (κ3) is 3.70. The molecule has 2 N–H and O–H groups in total. The molecule has 5 nitrogen and oxygen atoms in total. The van der Waals surface area contributed by atoms with E-state index in [0.29, 0.717) is 16.3 Å². The van der Waals surface area contributed by atoms with Gasteiger partial charge in [0, 0.05) is 16.1 Å². The van der Waals surface area contributed by atoms with E-state index in [1.807, 2.05) is 18.2 Å². The van der Waals surface area contributed by atoms with Crippen LogP contribution in [0.15, 0.2) is 59.0 Å². The van der Waals surface area contributed by atoms with Crippen molar-refractivity contribution in [3.05, 3.63) is 65.4 Å². The van der Waals surface area contributed by atoms with Gasteiger partial charge < -0.3 is 15.1 Å². The molecular weight excluding hydrogens is 316 g/mol. The molecular formula is C17H13ClN2O3. The lowest BCUT2D eigenvalue weighted by Gasteiger charge is -2.06. The number of rotatable bonds is 4. The van der Waals surface area contributed by atoms with E-state index in [0.717, 1.165) is 5.39 Å². The van der Waals surface area contributed by atoms with E-state index in [4.69, 9.17) is 16.0 Å². The Kier molecular flexibility index (Phi) is 4.30. The third-order valence-corrected chi connectivity index (χ3v) is 3.40. The zero-order valence-corrected chi connectivity index (χ0v) is 12.8. The molecule has 3 aromatic rings. The Bertz CT molecular complexity index is 840. The lowest BCUT2D eigenvalue weighted by atomic mass is 10.2. The predicted molar refractivity (Wildman–Crippen MR) is 88.6 cm³/mol. The first-order valence-electron chi connectivity index (χ1n) is 6.94. The molecule has 2 aromatic carbocycles. The molecule has 0 radical (unpaired) electrons. The summed E-state index contributed by atoms with van der Waals surface area (Å²) in [6.45, 7) is -0.164. The van der Waals surface area contributed by atoms with Crippen LogP contribution in [-0.2, 0) is 4.79 Å². The first-order valence-corrected chi connectivity index (χ1v) is 7.32. The number of hydrogen-bond donors (Lipinski definition) is 2. The summed E-state index contributed by atoms with van der Waals surface area (Å²) >= 11 is 5.84. The van der Waals surface area contributed by atoms with Gasteiger partial charge in [-0.05, 0) is 30.3 Å².